The van der Waals surface area contributed by atoms with Gasteiger partial charge in [0.15, 0.2) is 11.5 Å². The maximum atomic E-state index is 12.7. The van der Waals surface area contributed by atoms with Crippen molar-refractivity contribution in [2.75, 3.05) is 56.7 Å². The van der Waals surface area contributed by atoms with Gasteiger partial charge < -0.3 is 19.7 Å². The predicted molar refractivity (Wildman–Crippen MR) is 144 cm³/mol. The molecule has 1 fully saturated rings. The lowest BCUT2D eigenvalue weighted by Gasteiger charge is -2.37. The number of carbonyl (C=O) groups excluding carboxylic acids is 1. The van der Waals surface area contributed by atoms with E-state index in [1.807, 2.05) is 30.6 Å². The van der Waals surface area contributed by atoms with Crippen LogP contribution in [0.25, 0.3) is 0 Å². The van der Waals surface area contributed by atoms with Crippen molar-refractivity contribution in [2.24, 2.45) is 0 Å². The van der Waals surface area contributed by atoms with E-state index >= 15 is 0 Å². The minimum absolute atomic E-state index is 0.0427. The van der Waals surface area contributed by atoms with Crippen LogP contribution in [0.4, 0.5) is 11.4 Å². The van der Waals surface area contributed by atoms with Gasteiger partial charge in [0.25, 0.3) is 0 Å². The third kappa shape index (κ3) is 7.45. The number of nitrogens with one attached hydrogen (secondary N) is 1. The Hall–Kier alpha value is -4.09. The first-order valence-electron chi connectivity index (χ1n) is 12.6. The van der Waals surface area contributed by atoms with Gasteiger partial charge in [0.1, 0.15) is 0 Å². The first-order chi connectivity index (χ1) is 18.2. The van der Waals surface area contributed by atoms with Crippen molar-refractivity contribution in [1.29, 1.82) is 5.26 Å². The van der Waals surface area contributed by atoms with Crippen LogP contribution in [0, 0.1) is 11.3 Å². The van der Waals surface area contributed by atoms with Gasteiger partial charge in [-0.3, -0.25) is 14.7 Å². The summed E-state index contributed by atoms with van der Waals surface area (Å²) in [5.41, 5.74) is 3.72. The summed E-state index contributed by atoms with van der Waals surface area (Å²) in [6.45, 7) is 5.23. The summed E-state index contributed by atoms with van der Waals surface area (Å²) in [5, 5.41) is 12.1. The monoisotopic (exact) mass is 499 g/mol. The Morgan fingerprint density at radius 2 is 1.84 bits per heavy atom. The van der Waals surface area contributed by atoms with Crippen LogP contribution in [0.15, 0.2) is 67.0 Å². The Morgan fingerprint density at radius 1 is 1.05 bits per heavy atom. The molecule has 0 saturated carbocycles. The number of nitrogens with zero attached hydrogens (tertiary/aromatic N) is 4. The molecule has 0 radical (unpaired) electrons. The number of nitriles is 1. The highest BCUT2D eigenvalue weighted by atomic mass is 16.5. The fourth-order valence-corrected chi connectivity index (χ4v) is 4.39. The molecule has 1 aromatic heterocycles. The number of hydrogen-bond donors (Lipinski definition) is 1. The molecule has 0 atom stereocenters. The number of hydrogen-bond acceptors (Lipinski definition) is 7. The number of methoxy groups -OCH3 is 1. The molecule has 3 aromatic rings. The second-order valence-corrected chi connectivity index (χ2v) is 8.93. The molecule has 0 aliphatic carbocycles. The van der Waals surface area contributed by atoms with Gasteiger partial charge in [0.2, 0.25) is 5.91 Å². The maximum absolute atomic E-state index is 12.7. The quantitative estimate of drug-likeness (QED) is 0.397. The predicted octanol–water partition coefficient (Wildman–Crippen LogP) is 4.12. The Kier molecular flexibility index (Phi) is 9.33. The van der Waals surface area contributed by atoms with Crippen molar-refractivity contribution in [3.8, 4) is 17.6 Å². The number of benzene rings is 2. The number of piperazine rings is 1. The molecule has 0 bridgehead atoms. The highest BCUT2D eigenvalue weighted by Gasteiger charge is 2.19. The van der Waals surface area contributed by atoms with Crippen molar-refractivity contribution in [1.82, 2.24) is 9.88 Å². The largest absolute Gasteiger partial charge is 0.493 e. The van der Waals surface area contributed by atoms with Gasteiger partial charge in [-0.1, -0.05) is 12.1 Å². The van der Waals surface area contributed by atoms with Crippen molar-refractivity contribution in [2.45, 2.75) is 19.3 Å². The van der Waals surface area contributed by atoms with Crippen molar-refractivity contribution in [3.05, 3.63) is 78.1 Å². The van der Waals surface area contributed by atoms with Gasteiger partial charge in [-0.25, -0.2) is 0 Å². The molecule has 0 spiro atoms. The molecule has 1 aliphatic rings. The number of carbonyl (C=O) groups is 1. The molecule has 1 amide bonds. The Morgan fingerprint density at radius 3 is 2.59 bits per heavy atom. The average Bonchev–Trinajstić information content (AvgIpc) is 2.95. The second-order valence-electron chi connectivity index (χ2n) is 8.93. The zero-order valence-corrected chi connectivity index (χ0v) is 21.2. The smallest absolute Gasteiger partial charge is 0.224 e. The Balaban J connectivity index is 1.23. The van der Waals surface area contributed by atoms with Crippen LogP contribution in [-0.4, -0.2) is 62.2 Å². The molecule has 1 saturated heterocycles. The van der Waals surface area contributed by atoms with Gasteiger partial charge in [-0.15, -0.1) is 0 Å². The third-order valence-corrected chi connectivity index (χ3v) is 6.46. The fourth-order valence-electron chi connectivity index (χ4n) is 4.39. The van der Waals surface area contributed by atoms with E-state index in [1.54, 1.807) is 18.2 Å². The van der Waals surface area contributed by atoms with Crippen LogP contribution in [-0.2, 0) is 11.2 Å². The topological polar surface area (TPSA) is 90.7 Å². The van der Waals surface area contributed by atoms with E-state index in [0.29, 0.717) is 36.5 Å². The number of amides is 1. The lowest BCUT2D eigenvalue weighted by Crippen LogP contribution is -2.47. The number of rotatable bonds is 11. The number of pyridine rings is 1. The molecule has 4 rings (SSSR count). The van der Waals surface area contributed by atoms with Crippen molar-refractivity contribution < 1.29 is 14.3 Å². The highest BCUT2D eigenvalue weighted by molar-refractivity contribution is 5.94. The summed E-state index contributed by atoms with van der Waals surface area (Å²) in [7, 11) is 1.54. The summed E-state index contributed by atoms with van der Waals surface area (Å²) in [5.74, 6) is 1.03. The zero-order chi connectivity index (χ0) is 25.9. The Bertz CT molecular complexity index is 1200. The summed E-state index contributed by atoms with van der Waals surface area (Å²) in [6, 6.07) is 19.3. The molecule has 8 heteroatoms. The molecular formula is C29H33N5O3. The molecule has 0 unspecified atom stereocenters. The lowest BCUT2D eigenvalue weighted by molar-refractivity contribution is -0.116. The van der Waals surface area contributed by atoms with Crippen LogP contribution >= 0.6 is 0 Å². The summed E-state index contributed by atoms with van der Waals surface area (Å²) in [6.07, 6.45) is 5.62. The van der Waals surface area contributed by atoms with Crippen LogP contribution < -0.4 is 19.7 Å². The zero-order valence-electron chi connectivity index (χ0n) is 21.2. The van der Waals surface area contributed by atoms with E-state index in [1.165, 1.54) is 12.7 Å². The second kappa shape index (κ2) is 13.3. The minimum Gasteiger partial charge on any atom is -0.493 e. The number of ether oxygens (including phenoxy) is 2. The van der Waals surface area contributed by atoms with Crippen LogP contribution in [0.2, 0.25) is 0 Å². The molecular weight excluding hydrogens is 466 g/mol. The van der Waals surface area contributed by atoms with E-state index in [0.717, 1.165) is 50.5 Å². The first kappa shape index (κ1) is 26.0. The Labute approximate surface area is 218 Å². The number of aromatic nitrogens is 1. The van der Waals surface area contributed by atoms with Gasteiger partial charge in [-0.2, -0.15) is 5.26 Å². The molecule has 1 aliphatic heterocycles. The van der Waals surface area contributed by atoms with E-state index in [2.05, 4.69) is 44.4 Å². The van der Waals surface area contributed by atoms with Gasteiger partial charge in [0.05, 0.1) is 36.7 Å². The third-order valence-electron chi connectivity index (χ3n) is 6.46. The van der Waals surface area contributed by atoms with Crippen LogP contribution in [0.1, 0.15) is 24.0 Å². The van der Waals surface area contributed by atoms with Gasteiger partial charge in [-0.05, 0) is 54.8 Å². The van der Waals surface area contributed by atoms with Gasteiger partial charge in [0, 0.05) is 57.6 Å². The lowest BCUT2D eigenvalue weighted by atomic mass is 10.1. The van der Waals surface area contributed by atoms with Crippen LogP contribution in [0.3, 0.4) is 0 Å². The summed E-state index contributed by atoms with van der Waals surface area (Å²) in [4.78, 5) is 21.6. The number of para-hydroxylation sites is 2. The molecule has 2 aromatic carbocycles. The van der Waals surface area contributed by atoms with Crippen molar-refractivity contribution >= 4 is 17.3 Å². The molecule has 2 heterocycles. The molecule has 8 nitrogen and oxygen atoms in total. The molecule has 1 N–H and O–H groups in total. The van der Waals surface area contributed by atoms with E-state index in [4.69, 9.17) is 14.7 Å². The summed E-state index contributed by atoms with van der Waals surface area (Å²) >= 11 is 0. The minimum atomic E-state index is -0.0427. The average molecular weight is 500 g/mol. The van der Waals surface area contributed by atoms with E-state index in [-0.39, 0.29) is 5.91 Å². The first-order valence-corrected chi connectivity index (χ1v) is 12.6. The van der Waals surface area contributed by atoms with E-state index in [9.17, 15) is 4.79 Å². The summed E-state index contributed by atoms with van der Waals surface area (Å²) < 4.78 is 11.1. The van der Waals surface area contributed by atoms with Crippen LogP contribution in [0.5, 0.6) is 11.5 Å². The molecule has 192 valence electrons. The number of anilines is 2. The standard InChI is InChI=1S/C29H33N5O3/c1-36-28-21-24(22-30)8-9-27(28)37-20-4-7-29(35)32-25-5-2-3-6-26(25)34-18-16-33(17-19-34)15-12-23-10-13-31-14-11-23/h2-3,5-6,8-11,13-14,21H,4,7,12,15-20H2,1H3,(H,32,35). The normalized spacial score (nSPS) is 13.6. The highest BCUT2D eigenvalue weighted by Crippen LogP contribution is 2.29. The SMILES string of the molecule is COc1cc(C#N)ccc1OCCCC(=O)Nc1ccccc1N1CCN(CCc2ccncc2)CC1. The van der Waals surface area contributed by atoms with Gasteiger partial charge >= 0.3 is 0 Å². The fraction of sp³-hybridized carbons (Fsp3) is 0.345. The van der Waals surface area contributed by atoms with Crippen molar-refractivity contribution in [3.63, 3.8) is 0 Å². The van der Waals surface area contributed by atoms with E-state index < -0.39 is 0 Å². The molecule has 37 heavy (non-hydrogen) atoms. The maximum Gasteiger partial charge on any atom is 0.224 e.